The maximum absolute atomic E-state index is 10.9. The first-order chi connectivity index (χ1) is 11.1. The molecule has 0 aliphatic rings. The van der Waals surface area contributed by atoms with E-state index in [0.29, 0.717) is 11.6 Å². The Labute approximate surface area is 134 Å². The van der Waals surface area contributed by atoms with Gasteiger partial charge >= 0.3 is 6.03 Å². The van der Waals surface area contributed by atoms with Gasteiger partial charge in [0.05, 0.1) is 6.54 Å². The highest BCUT2D eigenvalue weighted by atomic mass is 16.5. The highest BCUT2D eigenvalue weighted by Crippen LogP contribution is 2.23. The molecule has 0 radical (unpaired) electrons. The number of aromatic nitrogens is 1. The number of carbonyl (C=O) groups is 1. The summed E-state index contributed by atoms with van der Waals surface area (Å²) in [5.41, 5.74) is 8.59. The Hall–Kier alpha value is -2.79. The van der Waals surface area contributed by atoms with Crippen LogP contribution < -0.4 is 5.73 Å². The molecular formula is C18H19N3O2. The van der Waals surface area contributed by atoms with Gasteiger partial charge in [-0.05, 0) is 23.6 Å². The van der Waals surface area contributed by atoms with E-state index in [4.69, 9.17) is 5.73 Å². The molecule has 1 aromatic heterocycles. The van der Waals surface area contributed by atoms with Gasteiger partial charge in [-0.15, -0.1) is 0 Å². The summed E-state index contributed by atoms with van der Waals surface area (Å²) in [6.07, 6.45) is 2.92. The third-order valence-corrected chi connectivity index (χ3v) is 3.92. The summed E-state index contributed by atoms with van der Waals surface area (Å²) in [6.45, 7) is 0.632. The lowest BCUT2D eigenvalue weighted by atomic mass is 10.0. The molecule has 0 fully saturated rings. The zero-order valence-corrected chi connectivity index (χ0v) is 12.7. The fourth-order valence-electron chi connectivity index (χ4n) is 2.78. The Bertz CT molecular complexity index is 812. The monoisotopic (exact) mass is 309 g/mol. The van der Waals surface area contributed by atoms with Gasteiger partial charge in [0, 0.05) is 23.6 Å². The number of nitrogens with two attached hydrogens (primary N) is 1. The molecule has 118 valence electrons. The molecular weight excluding hydrogens is 290 g/mol. The molecule has 0 saturated carbocycles. The number of urea groups is 1. The predicted molar refractivity (Wildman–Crippen MR) is 89.3 cm³/mol. The molecule has 0 aliphatic carbocycles. The van der Waals surface area contributed by atoms with Gasteiger partial charge in [0.1, 0.15) is 0 Å². The average Bonchev–Trinajstić information content (AvgIpc) is 2.91. The minimum atomic E-state index is -0.842. The van der Waals surface area contributed by atoms with Gasteiger partial charge in [-0.1, -0.05) is 48.5 Å². The third-order valence-electron chi connectivity index (χ3n) is 3.92. The zero-order valence-electron chi connectivity index (χ0n) is 12.7. The van der Waals surface area contributed by atoms with Crippen LogP contribution in [-0.4, -0.2) is 27.4 Å². The Morgan fingerprint density at radius 3 is 2.52 bits per heavy atom. The Morgan fingerprint density at radius 2 is 1.78 bits per heavy atom. The van der Waals surface area contributed by atoms with E-state index in [9.17, 15) is 10.0 Å². The van der Waals surface area contributed by atoms with Crippen LogP contribution >= 0.6 is 0 Å². The van der Waals surface area contributed by atoms with E-state index in [1.54, 1.807) is 0 Å². The number of primary amides is 1. The number of nitrogens with zero attached hydrogens (tertiary/aromatic N) is 2. The smallest absolute Gasteiger partial charge is 0.338 e. The van der Waals surface area contributed by atoms with Crippen LogP contribution in [0.25, 0.3) is 10.9 Å². The minimum absolute atomic E-state index is 0.152. The van der Waals surface area contributed by atoms with Crippen molar-refractivity contribution in [1.29, 1.82) is 0 Å². The first-order valence-corrected chi connectivity index (χ1v) is 7.51. The molecule has 0 unspecified atom stereocenters. The van der Waals surface area contributed by atoms with Crippen LogP contribution in [0, 0.1) is 0 Å². The molecule has 0 saturated heterocycles. The normalized spacial score (nSPS) is 10.8. The van der Waals surface area contributed by atoms with Crippen molar-refractivity contribution in [2.45, 2.75) is 13.0 Å². The Kier molecular flexibility index (Phi) is 4.30. The maximum atomic E-state index is 10.9. The number of carbonyl (C=O) groups excluding carboxylic acids is 1. The molecule has 0 bridgehead atoms. The summed E-state index contributed by atoms with van der Waals surface area (Å²) in [7, 11) is 0. The zero-order chi connectivity index (χ0) is 16.2. The first-order valence-electron chi connectivity index (χ1n) is 7.51. The largest absolute Gasteiger partial charge is 0.350 e. The molecule has 2 aromatic carbocycles. The standard InChI is InChI=1S/C18H19N3O2/c19-18(22)21(23)11-10-20-13-15(12-14-6-2-1-3-7-14)16-8-4-5-9-17(16)20/h1-9,13,23H,10-12H2,(H2,19,22). The third kappa shape index (κ3) is 3.35. The number of hydrogen-bond acceptors (Lipinski definition) is 2. The Balaban J connectivity index is 1.89. The molecule has 0 atom stereocenters. The summed E-state index contributed by atoms with van der Waals surface area (Å²) in [5.74, 6) is 0. The fraction of sp³-hybridized carbons (Fsp3) is 0.167. The van der Waals surface area contributed by atoms with Gasteiger partial charge in [-0.25, -0.2) is 9.86 Å². The van der Waals surface area contributed by atoms with Crippen LogP contribution in [0.5, 0.6) is 0 Å². The number of amides is 2. The summed E-state index contributed by atoms with van der Waals surface area (Å²) >= 11 is 0. The molecule has 0 spiro atoms. The van der Waals surface area contributed by atoms with Gasteiger partial charge < -0.3 is 10.3 Å². The second-order valence-electron chi connectivity index (χ2n) is 5.49. The van der Waals surface area contributed by atoms with E-state index in [0.717, 1.165) is 11.9 Å². The SMILES string of the molecule is NC(=O)N(O)CCn1cc(Cc2ccccc2)c2ccccc21. The molecule has 5 nitrogen and oxygen atoms in total. The van der Waals surface area contributed by atoms with Crippen molar-refractivity contribution in [3.8, 4) is 0 Å². The van der Waals surface area contributed by atoms with Crippen molar-refractivity contribution >= 4 is 16.9 Å². The molecule has 5 heteroatoms. The van der Waals surface area contributed by atoms with Gasteiger partial charge in [-0.2, -0.15) is 0 Å². The van der Waals surface area contributed by atoms with Crippen molar-refractivity contribution in [2.24, 2.45) is 5.73 Å². The van der Waals surface area contributed by atoms with Gasteiger partial charge in [0.15, 0.2) is 0 Å². The molecule has 3 N–H and O–H groups in total. The Morgan fingerprint density at radius 1 is 1.09 bits per heavy atom. The number of para-hydroxylation sites is 1. The lowest BCUT2D eigenvalue weighted by Gasteiger charge is -2.12. The van der Waals surface area contributed by atoms with Gasteiger partial charge in [0.2, 0.25) is 0 Å². The average molecular weight is 309 g/mol. The maximum Gasteiger partial charge on any atom is 0.338 e. The summed E-state index contributed by atoms with van der Waals surface area (Å²) in [4.78, 5) is 10.9. The second-order valence-corrected chi connectivity index (χ2v) is 5.49. The molecule has 1 heterocycles. The number of hydroxylamine groups is 2. The topological polar surface area (TPSA) is 71.5 Å². The van der Waals surface area contributed by atoms with Crippen molar-refractivity contribution < 1.29 is 10.0 Å². The summed E-state index contributed by atoms with van der Waals surface area (Å²) in [6, 6.07) is 17.6. The lowest BCUT2D eigenvalue weighted by Crippen LogP contribution is -2.34. The van der Waals surface area contributed by atoms with Crippen LogP contribution in [0.3, 0.4) is 0 Å². The van der Waals surface area contributed by atoms with Crippen molar-refractivity contribution in [1.82, 2.24) is 9.63 Å². The van der Waals surface area contributed by atoms with Gasteiger partial charge in [-0.3, -0.25) is 5.21 Å². The molecule has 3 rings (SSSR count). The first kappa shape index (κ1) is 15.1. The number of hydrogen-bond donors (Lipinski definition) is 2. The molecule has 2 amide bonds. The van der Waals surface area contributed by atoms with Crippen LogP contribution in [0.1, 0.15) is 11.1 Å². The van der Waals surface area contributed by atoms with E-state index in [1.807, 2.05) is 41.0 Å². The van der Waals surface area contributed by atoms with Crippen molar-refractivity contribution in [3.05, 3.63) is 71.9 Å². The number of fused-ring (bicyclic) bond motifs is 1. The number of rotatable bonds is 5. The van der Waals surface area contributed by atoms with E-state index in [1.165, 1.54) is 16.5 Å². The van der Waals surface area contributed by atoms with E-state index in [-0.39, 0.29) is 6.54 Å². The van der Waals surface area contributed by atoms with Crippen LogP contribution in [0.2, 0.25) is 0 Å². The van der Waals surface area contributed by atoms with Crippen LogP contribution in [0.4, 0.5) is 4.79 Å². The molecule has 23 heavy (non-hydrogen) atoms. The van der Waals surface area contributed by atoms with E-state index >= 15 is 0 Å². The quantitative estimate of drug-likeness (QED) is 0.562. The number of benzene rings is 2. The predicted octanol–water partition coefficient (Wildman–Crippen LogP) is 3.00. The summed E-state index contributed by atoms with van der Waals surface area (Å²) < 4.78 is 2.04. The second kappa shape index (κ2) is 6.54. The van der Waals surface area contributed by atoms with E-state index < -0.39 is 6.03 Å². The molecule has 0 aliphatic heterocycles. The van der Waals surface area contributed by atoms with Gasteiger partial charge in [0.25, 0.3) is 0 Å². The minimum Gasteiger partial charge on any atom is -0.350 e. The summed E-state index contributed by atoms with van der Waals surface area (Å²) in [5, 5.41) is 11.2. The van der Waals surface area contributed by atoms with Crippen LogP contribution in [-0.2, 0) is 13.0 Å². The highest BCUT2D eigenvalue weighted by Gasteiger charge is 2.11. The van der Waals surface area contributed by atoms with Crippen molar-refractivity contribution in [3.63, 3.8) is 0 Å². The lowest BCUT2D eigenvalue weighted by molar-refractivity contribution is -0.0413. The fourth-order valence-corrected chi connectivity index (χ4v) is 2.78. The molecule has 3 aromatic rings. The van der Waals surface area contributed by atoms with E-state index in [2.05, 4.69) is 24.4 Å². The van der Waals surface area contributed by atoms with Crippen molar-refractivity contribution in [2.75, 3.05) is 6.54 Å². The van der Waals surface area contributed by atoms with Crippen LogP contribution in [0.15, 0.2) is 60.8 Å². The highest BCUT2D eigenvalue weighted by molar-refractivity contribution is 5.84.